The predicted molar refractivity (Wildman–Crippen MR) is 84.9 cm³/mol. The molecule has 5 nitrogen and oxygen atoms in total. The molecule has 0 saturated heterocycles. The van der Waals surface area contributed by atoms with Crippen LogP contribution < -0.4 is 4.74 Å². The van der Waals surface area contributed by atoms with Gasteiger partial charge in [-0.15, -0.1) is 0 Å². The fraction of sp³-hybridized carbons (Fsp3) is 0.389. The Hall–Kier alpha value is -2.45. The van der Waals surface area contributed by atoms with Gasteiger partial charge >= 0.3 is 0 Å². The van der Waals surface area contributed by atoms with Crippen LogP contribution in [0.3, 0.4) is 0 Å². The highest BCUT2D eigenvalue weighted by molar-refractivity contribution is 5.41. The lowest BCUT2D eigenvalue weighted by Crippen LogP contribution is -2.33. The lowest BCUT2D eigenvalue weighted by atomic mass is 10.00. The van der Waals surface area contributed by atoms with Gasteiger partial charge in [-0.05, 0) is 24.1 Å². The van der Waals surface area contributed by atoms with Gasteiger partial charge < -0.3 is 4.74 Å². The van der Waals surface area contributed by atoms with Crippen molar-refractivity contribution in [2.24, 2.45) is 0 Å². The molecule has 5 heteroatoms. The van der Waals surface area contributed by atoms with Gasteiger partial charge in [-0.2, -0.15) is 5.26 Å². The normalized spacial score (nSPS) is 17.7. The molecule has 23 heavy (non-hydrogen) atoms. The fourth-order valence-electron chi connectivity index (χ4n) is 3.38. The Balaban J connectivity index is 1.56. The SMILES string of the molecule is CC(c1ccc2c(c1)OCC2)N1CCc2nc(C#N)ncc2C1. The van der Waals surface area contributed by atoms with Crippen molar-refractivity contribution >= 4 is 0 Å². The van der Waals surface area contributed by atoms with Crippen molar-refractivity contribution in [3.05, 3.63) is 52.6 Å². The molecule has 0 saturated carbocycles. The van der Waals surface area contributed by atoms with Gasteiger partial charge in [0.1, 0.15) is 11.8 Å². The van der Waals surface area contributed by atoms with Gasteiger partial charge in [-0.1, -0.05) is 12.1 Å². The Kier molecular flexibility index (Phi) is 3.47. The molecule has 0 N–H and O–H groups in total. The van der Waals surface area contributed by atoms with Crippen molar-refractivity contribution in [3.63, 3.8) is 0 Å². The molecule has 0 radical (unpaired) electrons. The Morgan fingerprint density at radius 2 is 2.22 bits per heavy atom. The summed E-state index contributed by atoms with van der Waals surface area (Å²) < 4.78 is 5.69. The van der Waals surface area contributed by atoms with Gasteiger partial charge in [0.15, 0.2) is 0 Å². The minimum absolute atomic E-state index is 0.265. The van der Waals surface area contributed by atoms with Crippen molar-refractivity contribution in [1.29, 1.82) is 5.26 Å². The van der Waals surface area contributed by atoms with Gasteiger partial charge in [0.25, 0.3) is 0 Å². The molecule has 0 bridgehead atoms. The van der Waals surface area contributed by atoms with Crippen LogP contribution in [0, 0.1) is 11.3 Å². The monoisotopic (exact) mass is 306 g/mol. The average Bonchev–Trinajstić information content (AvgIpc) is 3.07. The van der Waals surface area contributed by atoms with E-state index in [2.05, 4.69) is 40.0 Å². The second-order valence-corrected chi connectivity index (χ2v) is 6.14. The molecule has 1 aromatic heterocycles. The number of nitrogens with zero attached hydrogens (tertiary/aromatic N) is 4. The maximum atomic E-state index is 8.91. The fourth-order valence-corrected chi connectivity index (χ4v) is 3.38. The molecular weight excluding hydrogens is 288 g/mol. The molecular formula is C18H18N4O. The van der Waals surface area contributed by atoms with E-state index in [9.17, 15) is 0 Å². The van der Waals surface area contributed by atoms with Gasteiger partial charge in [0, 0.05) is 43.7 Å². The van der Waals surface area contributed by atoms with Crippen molar-refractivity contribution in [3.8, 4) is 11.8 Å². The lowest BCUT2D eigenvalue weighted by molar-refractivity contribution is 0.190. The molecule has 4 rings (SSSR count). The highest BCUT2D eigenvalue weighted by Crippen LogP contribution is 2.32. The number of hydrogen-bond donors (Lipinski definition) is 0. The average molecular weight is 306 g/mol. The van der Waals surface area contributed by atoms with E-state index in [-0.39, 0.29) is 5.82 Å². The molecule has 1 aromatic carbocycles. The first-order chi connectivity index (χ1) is 11.2. The van der Waals surface area contributed by atoms with Crippen LogP contribution in [0.1, 0.15) is 41.2 Å². The first-order valence-corrected chi connectivity index (χ1v) is 7.99. The molecule has 1 atom stereocenters. The van der Waals surface area contributed by atoms with Crippen LogP contribution in [0.25, 0.3) is 0 Å². The highest BCUT2D eigenvalue weighted by Gasteiger charge is 2.24. The maximum Gasteiger partial charge on any atom is 0.232 e. The highest BCUT2D eigenvalue weighted by atomic mass is 16.5. The van der Waals surface area contributed by atoms with E-state index < -0.39 is 0 Å². The third kappa shape index (κ3) is 2.55. The molecule has 0 aliphatic carbocycles. The second-order valence-electron chi connectivity index (χ2n) is 6.14. The Bertz CT molecular complexity index is 796. The van der Waals surface area contributed by atoms with E-state index in [1.54, 1.807) is 6.20 Å². The van der Waals surface area contributed by atoms with E-state index in [1.807, 2.05) is 6.07 Å². The smallest absolute Gasteiger partial charge is 0.232 e. The summed E-state index contributed by atoms with van der Waals surface area (Å²) in [6.07, 6.45) is 3.67. The number of nitriles is 1. The number of rotatable bonds is 2. The van der Waals surface area contributed by atoms with E-state index in [0.717, 1.165) is 49.5 Å². The summed E-state index contributed by atoms with van der Waals surface area (Å²) >= 11 is 0. The summed E-state index contributed by atoms with van der Waals surface area (Å²) in [4.78, 5) is 10.9. The summed E-state index contributed by atoms with van der Waals surface area (Å²) in [5.41, 5.74) is 4.72. The van der Waals surface area contributed by atoms with Crippen LogP contribution in [0.15, 0.2) is 24.4 Å². The molecule has 0 fully saturated rings. The second kappa shape index (κ2) is 5.64. The maximum absolute atomic E-state index is 8.91. The molecule has 0 spiro atoms. The molecule has 1 unspecified atom stereocenters. The molecule has 3 heterocycles. The third-order valence-electron chi connectivity index (χ3n) is 4.81. The summed E-state index contributed by atoms with van der Waals surface area (Å²) in [6.45, 7) is 4.78. The van der Waals surface area contributed by atoms with Crippen molar-refractivity contribution in [1.82, 2.24) is 14.9 Å². The van der Waals surface area contributed by atoms with Gasteiger partial charge in [0.2, 0.25) is 5.82 Å². The van der Waals surface area contributed by atoms with E-state index >= 15 is 0 Å². The van der Waals surface area contributed by atoms with Gasteiger partial charge in [0.05, 0.1) is 12.3 Å². The van der Waals surface area contributed by atoms with E-state index in [0.29, 0.717) is 6.04 Å². The summed E-state index contributed by atoms with van der Waals surface area (Å²) in [5, 5.41) is 8.91. The number of hydrogen-bond acceptors (Lipinski definition) is 5. The number of ether oxygens (including phenoxy) is 1. The number of benzene rings is 1. The molecule has 0 amide bonds. The van der Waals surface area contributed by atoms with Crippen LogP contribution >= 0.6 is 0 Å². The first-order valence-electron chi connectivity index (χ1n) is 7.99. The Morgan fingerprint density at radius 3 is 3.09 bits per heavy atom. The summed E-state index contributed by atoms with van der Waals surface area (Å²) in [6, 6.07) is 8.90. The van der Waals surface area contributed by atoms with Crippen LogP contribution in [0.2, 0.25) is 0 Å². The lowest BCUT2D eigenvalue weighted by Gasteiger charge is -2.33. The van der Waals surface area contributed by atoms with Crippen LogP contribution in [-0.4, -0.2) is 28.0 Å². The molecule has 2 aliphatic heterocycles. The zero-order valence-corrected chi connectivity index (χ0v) is 13.1. The van der Waals surface area contributed by atoms with Crippen LogP contribution in [-0.2, 0) is 19.4 Å². The zero-order chi connectivity index (χ0) is 15.8. The summed E-state index contributed by atoms with van der Waals surface area (Å²) in [5.74, 6) is 1.30. The topological polar surface area (TPSA) is 62.0 Å². The zero-order valence-electron chi connectivity index (χ0n) is 13.1. The van der Waals surface area contributed by atoms with Crippen LogP contribution in [0.5, 0.6) is 5.75 Å². The standard InChI is InChI=1S/C18H18N4O/c1-12(14-3-2-13-5-7-23-17(13)8-14)22-6-4-16-15(11-22)10-20-18(9-19)21-16/h2-3,8,10,12H,4-7,11H2,1H3. The molecule has 2 aromatic rings. The number of fused-ring (bicyclic) bond motifs is 2. The van der Waals surface area contributed by atoms with Crippen molar-refractivity contribution < 1.29 is 4.74 Å². The molecule has 2 aliphatic rings. The van der Waals surface area contributed by atoms with Crippen molar-refractivity contribution in [2.75, 3.05) is 13.2 Å². The van der Waals surface area contributed by atoms with E-state index in [1.165, 1.54) is 11.1 Å². The van der Waals surface area contributed by atoms with Crippen LogP contribution in [0.4, 0.5) is 0 Å². The largest absolute Gasteiger partial charge is 0.493 e. The first kappa shape index (κ1) is 14.2. The Morgan fingerprint density at radius 1 is 1.30 bits per heavy atom. The Labute approximate surface area is 135 Å². The van der Waals surface area contributed by atoms with Gasteiger partial charge in [-0.25, -0.2) is 9.97 Å². The van der Waals surface area contributed by atoms with E-state index in [4.69, 9.17) is 10.00 Å². The molecule has 116 valence electrons. The minimum Gasteiger partial charge on any atom is -0.493 e. The van der Waals surface area contributed by atoms with Gasteiger partial charge in [-0.3, -0.25) is 4.90 Å². The number of aromatic nitrogens is 2. The third-order valence-corrected chi connectivity index (χ3v) is 4.81. The summed E-state index contributed by atoms with van der Waals surface area (Å²) in [7, 11) is 0. The van der Waals surface area contributed by atoms with Crippen molar-refractivity contribution in [2.45, 2.75) is 32.4 Å². The predicted octanol–water partition coefficient (Wildman–Crippen LogP) is 2.40. The minimum atomic E-state index is 0.265. The quantitative estimate of drug-likeness (QED) is 0.852.